The summed E-state index contributed by atoms with van der Waals surface area (Å²) in [6, 6.07) is 5.87. The lowest BCUT2D eigenvalue weighted by Gasteiger charge is -2.37. The first-order valence-electron chi connectivity index (χ1n) is 9.36. The number of aryl methyl sites for hydroxylation is 2. The lowest BCUT2D eigenvalue weighted by molar-refractivity contribution is 0.0746. The third kappa shape index (κ3) is 3.26. The second kappa shape index (κ2) is 7.31. The van der Waals surface area contributed by atoms with E-state index < -0.39 is 0 Å². The second-order valence-electron chi connectivity index (χ2n) is 7.03. The number of carbonyl (C=O) groups excluding carboxylic acids is 1. The van der Waals surface area contributed by atoms with E-state index in [1.807, 2.05) is 34.6 Å². The van der Waals surface area contributed by atoms with E-state index in [2.05, 4.69) is 22.0 Å². The molecule has 1 saturated heterocycles. The van der Waals surface area contributed by atoms with Crippen LogP contribution < -0.4 is 10.5 Å². The Hall–Kier alpha value is -2.80. The van der Waals surface area contributed by atoms with Crippen molar-refractivity contribution in [2.75, 3.05) is 31.1 Å². The van der Waals surface area contributed by atoms with Crippen LogP contribution in [0.5, 0.6) is 0 Å². The van der Waals surface area contributed by atoms with Crippen LogP contribution in [0.15, 0.2) is 35.4 Å². The maximum atomic E-state index is 13.2. The van der Waals surface area contributed by atoms with Crippen molar-refractivity contribution in [1.29, 1.82) is 0 Å². The van der Waals surface area contributed by atoms with Crippen molar-refractivity contribution in [2.45, 2.75) is 20.4 Å². The summed E-state index contributed by atoms with van der Waals surface area (Å²) in [4.78, 5) is 29.2. The number of pyridine rings is 1. The van der Waals surface area contributed by atoms with Crippen molar-refractivity contribution in [3.05, 3.63) is 57.1 Å². The van der Waals surface area contributed by atoms with E-state index in [9.17, 15) is 9.59 Å². The fourth-order valence-corrected chi connectivity index (χ4v) is 3.84. The van der Waals surface area contributed by atoms with Crippen LogP contribution in [0.4, 0.5) is 5.69 Å². The highest BCUT2D eigenvalue weighted by Crippen LogP contribution is 2.26. The maximum absolute atomic E-state index is 13.2. The fourth-order valence-electron chi connectivity index (χ4n) is 3.67. The molecule has 0 unspecified atom stereocenters. The van der Waals surface area contributed by atoms with Gasteiger partial charge in [0.05, 0.1) is 11.1 Å². The first-order chi connectivity index (χ1) is 13.5. The normalized spacial score (nSPS) is 14.7. The number of amides is 1. The standard InChI is InChI=1S/C20H22ClN5O2/c1-3-24-11-15-18(22-23-19(15)27)16(12-24)20(28)26-8-6-25(7-9-26)17-10-14(21)5-4-13(17)2/h4-5,10-12H,3,6-9H2,1-2H3,(H,23,27). The number of hydrogen-bond donors (Lipinski definition) is 1. The van der Waals surface area contributed by atoms with Crippen molar-refractivity contribution in [3.63, 3.8) is 0 Å². The van der Waals surface area contributed by atoms with Crippen molar-refractivity contribution >= 4 is 23.2 Å². The number of halogens is 1. The number of carbonyl (C=O) groups is 1. The molecule has 4 rings (SSSR count). The predicted octanol–water partition coefficient (Wildman–Crippen LogP) is 2.62. The Morgan fingerprint density at radius 3 is 2.68 bits per heavy atom. The van der Waals surface area contributed by atoms with E-state index in [1.54, 1.807) is 12.4 Å². The Morgan fingerprint density at radius 1 is 1.21 bits per heavy atom. The first-order valence-corrected chi connectivity index (χ1v) is 9.74. The van der Waals surface area contributed by atoms with Crippen molar-refractivity contribution in [1.82, 2.24) is 19.7 Å². The molecule has 0 aliphatic carbocycles. The summed E-state index contributed by atoms with van der Waals surface area (Å²) in [5.74, 6) is -0.0956. The van der Waals surface area contributed by atoms with Gasteiger partial charge in [0.15, 0.2) is 0 Å². The van der Waals surface area contributed by atoms with Crippen LogP contribution in [-0.4, -0.2) is 51.8 Å². The van der Waals surface area contributed by atoms with Crippen LogP contribution in [0, 0.1) is 6.92 Å². The molecule has 3 aliphatic rings. The minimum atomic E-state index is -0.270. The SMILES string of the molecule is CCn1cc(C(=O)N2CCN(c3cc(Cl)ccc3C)CC2)c2n[nH]c(=O)c-2c1. The molecule has 1 aromatic rings. The minimum absolute atomic E-state index is 0.0956. The van der Waals surface area contributed by atoms with Gasteiger partial charge in [0, 0.05) is 55.8 Å². The number of fused-ring (bicyclic) bond motifs is 1. The smallest absolute Gasteiger partial charge is 0.275 e. The molecule has 0 spiro atoms. The summed E-state index contributed by atoms with van der Waals surface area (Å²) in [7, 11) is 0. The van der Waals surface area contributed by atoms with Gasteiger partial charge in [-0.1, -0.05) is 17.7 Å². The number of aromatic amines is 1. The summed E-state index contributed by atoms with van der Waals surface area (Å²) in [6.07, 6.45) is 3.51. The summed E-state index contributed by atoms with van der Waals surface area (Å²) in [6.45, 7) is 7.35. The van der Waals surface area contributed by atoms with Crippen LogP contribution in [0.25, 0.3) is 11.3 Å². The van der Waals surface area contributed by atoms with Gasteiger partial charge in [0.2, 0.25) is 0 Å². The molecule has 1 fully saturated rings. The first kappa shape index (κ1) is 18.6. The molecular weight excluding hydrogens is 378 g/mol. The number of rotatable bonds is 3. The van der Waals surface area contributed by atoms with E-state index >= 15 is 0 Å². The lowest BCUT2D eigenvalue weighted by Crippen LogP contribution is -2.49. The number of H-pyrrole nitrogens is 1. The Labute approximate surface area is 167 Å². The molecule has 146 valence electrons. The molecule has 1 N–H and O–H groups in total. The molecule has 0 bridgehead atoms. The number of benzene rings is 1. The number of nitrogens with zero attached hydrogens (tertiary/aromatic N) is 4. The summed E-state index contributed by atoms with van der Waals surface area (Å²) < 4.78 is 1.85. The number of anilines is 1. The van der Waals surface area contributed by atoms with Crippen LogP contribution >= 0.6 is 11.6 Å². The van der Waals surface area contributed by atoms with Gasteiger partial charge in [-0.25, -0.2) is 5.10 Å². The van der Waals surface area contributed by atoms with Crippen LogP contribution in [-0.2, 0) is 6.54 Å². The second-order valence-corrected chi connectivity index (χ2v) is 7.46. The van der Waals surface area contributed by atoms with E-state index in [4.69, 9.17) is 11.6 Å². The van der Waals surface area contributed by atoms with E-state index in [-0.39, 0.29) is 11.5 Å². The molecule has 8 heteroatoms. The molecule has 28 heavy (non-hydrogen) atoms. The Balaban J connectivity index is 1.55. The fraction of sp³-hybridized carbons (Fsp3) is 0.350. The molecular formula is C20H22ClN5O2. The molecule has 1 aromatic carbocycles. The molecule has 7 nitrogen and oxygen atoms in total. The van der Waals surface area contributed by atoms with Crippen LogP contribution in [0.1, 0.15) is 22.8 Å². The average molecular weight is 400 g/mol. The average Bonchev–Trinajstić information content (AvgIpc) is 3.09. The lowest BCUT2D eigenvalue weighted by atomic mass is 10.1. The topological polar surface area (TPSA) is 74.2 Å². The highest BCUT2D eigenvalue weighted by molar-refractivity contribution is 6.30. The Kier molecular flexibility index (Phi) is 4.85. The van der Waals surface area contributed by atoms with Crippen molar-refractivity contribution < 1.29 is 4.79 Å². The summed E-state index contributed by atoms with van der Waals surface area (Å²) in [5.41, 5.74) is 3.35. The Bertz CT molecular complexity index is 1050. The number of nitrogens with one attached hydrogen (secondary N) is 1. The third-order valence-corrected chi connectivity index (χ3v) is 5.52. The molecule has 0 radical (unpaired) electrons. The number of aromatic nitrogens is 3. The number of piperazine rings is 1. The van der Waals surface area contributed by atoms with Gasteiger partial charge in [-0.15, -0.1) is 0 Å². The van der Waals surface area contributed by atoms with Gasteiger partial charge in [0.1, 0.15) is 5.69 Å². The van der Waals surface area contributed by atoms with E-state index in [0.29, 0.717) is 41.5 Å². The highest BCUT2D eigenvalue weighted by atomic mass is 35.5. The van der Waals surface area contributed by atoms with Gasteiger partial charge in [0.25, 0.3) is 11.5 Å². The third-order valence-electron chi connectivity index (χ3n) is 5.29. The van der Waals surface area contributed by atoms with Crippen molar-refractivity contribution in [3.8, 4) is 11.3 Å². The molecule has 1 amide bonds. The van der Waals surface area contributed by atoms with Crippen LogP contribution in [0.3, 0.4) is 0 Å². The molecule has 0 saturated carbocycles. The van der Waals surface area contributed by atoms with Crippen LogP contribution in [0.2, 0.25) is 5.02 Å². The van der Waals surface area contributed by atoms with Gasteiger partial charge in [-0.05, 0) is 31.5 Å². The van der Waals surface area contributed by atoms with Gasteiger partial charge >= 0.3 is 0 Å². The summed E-state index contributed by atoms with van der Waals surface area (Å²) >= 11 is 6.15. The molecule has 0 atom stereocenters. The summed E-state index contributed by atoms with van der Waals surface area (Å²) in [5, 5.41) is 7.24. The predicted molar refractivity (Wildman–Crippen MR) is 109 cm³/mol. The Morgan fingerprint density at radius 2 is 1.96 bits per heavy atom. The monoisotopic (exact) mass is 399 g/mol. The molecule has 0 aromatic heterocycles. The van der Waals surface area contributed by atoms with Gasteiger partial charge in [-0.2, -0.15) is 5.10 Å². The highest BCUT2D eigenvalue weighted by Gasteiger charge is 2.28. The zero-order chi connectivity index (χ0) is 19.8. The molecule has 3 aliphatic heterocycles. The van der Waals surface area contributed by atoms with Crippen molar-refractivity contribution in [2.24, 2.45) is 0 Å². The largest absolute Gasteiger partial charge is 0.368 e. The zero-order valence-corrected chi connectivity index (χ0v) is 16.7. The van der Waals surface area contributed by atoms with E-state index in [0.717, 1.165) is 24.3 Å². The van der Waals surface area contributed by atoms with Gasteiger partial charge in [-0.3, -0.25) is 9.59 Å². The van der Waals surface area contributed by atoms with E-state index in [1.165, 1.54) is 0 Å². The minimum Gasteiger partial charge on any atom is -0.368 e. The van der Waals surface area contributed by atoms with Gasteiger partial charge < -0.3 is 14.4 Å². The number of hydrogen-bond acceptors (Lipinski definition) is 4. The maximum Gasteiger partial charge on any atom is 0.275 e. The molecule has 3 heterocycles. The zero-order valence-electron chi connectivity index (χ0n) is 15.9. The quantitative estimate of drug-likeness (QED) is 0.734.